The molecular formula is C18H29ClN2O3. The van der Waals surface area contributed by atoms with Crippen LogP contribution in [0.1, 0.15) is 24.8 Å². The van der Waals surface area contributed by atoms with Crippen LogP contribution in [0, 0.1) is 5.41 Å². The number of hydrogen-bond acceptors (Lipinski definition) is 4. The van der Waals surface area contributed by atoms with E-state index in [-0.39, 0.29) is 23.7 Å². The molecule has 2 N–H and O–H groups in total. The third-order valence-electron chi connectivity index (χ3n) is 4.52. The molecule has 0 saturated carbocycles. The van der Waals surface area contributed by atoms with Crippen LogP contribution in [0.3, 0.4) is 0 Å². The zero-order valence-electron chi connectivity index (χ0n) is 14.6. The lowest BCUT2D eigenvalue weighted by atomic mass is 9.78. The molecular weight excluding hydrogens is 328 g/mol. The first-order valence-corrected chi connectivity index (χ1v) is 8.31. The number of nitrogens with one attached hydrogen (secondary N) is 2. The molecule has 1 aliphatic heterocycles. The average molecular weight is 357 g/mol. The Kier molecular flexibility index (Phi) is 9.11. The fourth-order valence-electron chi connectivity index (χ4n) is 3.13. The van der Waals surface area contributed by atoms with Crippen LogP contribution in [-0.4, -0.2) is 46.4 Å². The molecule has 1 amide bonds. The quantitative estimate of drug-likeness (QED) is 0.701. The summed E-state index contributed by atoms with van der Waals surface area (Å²) in [6.07, 6.45) is 3.52. The van der Waals surface area contributed by atoms with Crippen molar-refractivity contribution in [1.82, 2.24) is 10.6 Å². The molecule has 1 aromatic rings. The largest absolute Gasteiger partial charge is 0.497 e. The van der Waals surface area contributed by atoms with Crippen molar-refractivity contribution >= 4 is 18.3 Å². The Hall–Kier alpha value is -1.30. The zero-order valence-corrected chi connectivity index (χ0v) is 15.4. The molecule has 1 aliphatic rings. The third kappa shape index (κ3) is 5.65. The number of piperidine rings is 1. The Labute approximate surface area is 150 Å². The van der Waals surface area contributed by atoms with Gasteiger partial charge in [0, 0.05) is 13.7 Å². The zero-order chi connectivity index (χ0) is 16.5. The van der Waals surface area contributed by atoms with Crippen molar-refractivity contribution in [2.75, 3.05) is 40.5 Å². The van der Waals surface area contributed by atoms with Crippen molar-refractivity contribution < 1.29 is 14.3 Å². The fraction of sp³-hybridized carbons (Fsp3) is 0.611. The maximum absolute atomic E-state index is 12.6. The van der Waals surface area contributed by atoms with Crippen LogP contribution in [0.5, 0.6) is 5.75 Å². The highest BCUT2D eigenvalue weighted by Crippen LogP contribution is 2.29. The van der Waals surface area contributed by atoms with E-state index in [1.807, 2.05) is 18.2 Å². The van der Waals surface area contributed by atoms with E-state index >= 15 is 0 Å². The number of carbonyl (C=O) groups excluding carboxylic acids is 1. The maximum atomic E-state index is 12.6. The molecule has 1 saturated heterocycles. The summed E-state index contributed by atoms with van der Waals surface area (Å²) in [5, 5.41) is 6.40. The summed E-state index contributed by atoms with van der Waals surface area (Å²) in [7, 11) is 3.34. The number of aryl methyl sites for hydroxylation is 1. The molecule has 1 aromatic carbocycles. The standard InChI is InChI=1S/C18H28N2O3.ClH/c1-22-14-18(8-11-19-12-9-18)17(21)20-10-4-6-15-5-3-7-16(13-15)23-2;/h3,5,7,13,19H,4,6,8-12,14H2,1-2H3,(H,20,21);1H. The lowest BCUT2D eigenvalue weighted by molar-refractivity contribution is -0.136. The van der Waals surface area contributed by atoms with Gasteiger partial charge in [0.25, 0.3) is 0 Å². The van der Waals surface area contributed by atoms with Crippen LogP contribution >= 0.6 is 12.4 Å². The molecule has 2 rings (SSSR count). The van der Waals surface area contributed by atoms with Gasteiger partial charge in [0.2, 0.25) is 5.91 Å². The molecule has 0 unspecified atom stereocenters. The highest BCUT2D eigenvalue weighted by atomic mass is 35.5. The minimum absolute atomic E-state index is 0. The molecule has 136 valence electrons. The van der Waals surface area contributed by atoms with Crippen LogP contribution in [0.2, 0.25) is 0 Å². The van der Waals surface area contributed by atoms with Gasteiger partial charge in [0.15, 0.2) is 0 Å². The Morgan fingerprint density at radius 3 is 2.71 bits per heavy atom. The Morgan fingerprint density at radius 1 is 1.29 bits per heavy atom. The second-order valence-corrected chi connectivity index (χ2v) is 6.17. The first kappa shape index (κ1) is 20.7. The number of hydrogen-bond donors (Lipinski definition) is 2. The second kappa shape index (κ2) is 10.5. The topological polar surface area (TPSA) is 59.6 Å². The molecule has 0 aromatic heterocycles. The van der Waals surface area contributed by atoms with Gasteiger partial charge >= 0.3 is 0 Å². The number of carbonyl (C=O) groups is 1. The van der Waals surface area contributed by atoms with E-state index in [1.54, 1.807) is 14.2 Å². The van der Waals surface area contributed by atoms with Crippen LogP contribution in [0.4, 0.5) is 0 Å². The molecule has 0 spiro atoms. The Morgan fingerprint density at radius 2 is 2.04 bits per heavy atom. The number of ether oxygens (including phenoxy) is 2. The van der Waals surface area contributed by atoms with Crippen molar-refractivity contribution in [2.45, 2.75) is 25.7 Å². The van der Waals surface area contributed by atoms with Crippen molar-refractivity contribution in [3.8, 4) is 5.75 Å². The Bertz CT molecular complexity index is 499. The van der Waals surface area contributed by atoms with Crippen molar-refractivity contribution in [3.63, 3.8) is 0 Å². The predicted octanol–water partition coefficient (Wildman–Crippen LogP) is 2.18. The summed E-state index contributed by atoms with van der Waals surface area (Å²) < 4.78 is 10.5. The molecule has 5 nitrogen and oxygen atoms in total. The van der Waals surface area contributed by atoms with Crippen molar-refractivity contribution in [2.24, 2.45) is 5.41 Å². The van der Waals surface area contributed by atoms with Crippen molar-refractivity contribution in [3.05, 3.63) is 29.8 Å². The van der Waals surface area contributed by atoms with Gasteiger partial charge in [-0.15, -0.1) is 12.4 Å². The van der Waals surface area contributed by atoms with Crippen LogP contribution in [0.15, 0.2) is 24.3 Å². The maximum Gasteiger partial charge on any atom is 0.228 e. The van der Waals surface area contributed by atoms with Crippen LogP contribution in [-0.2, 0) is 16.0 Å². The van der Waals surface area contributed by atoms with Gasteiger partial charge in [0.05, 0.1) is 19.1 Å². The van der Waals surface area contributed by atoms with Crippen molar-refractivity contribution in [1.29, 1.82) is 0 Å². The van der Waals surface area contributed by atoms with Gasteiger partial charge in [-0.25, -0.2) is 0 Å². The molecule has 6 heteroatoms. The highest BCUT2D eigenvalue weighted by Gasteiger charge is 2.39. The highest BCUT2D eigenvalue weighted by molar-refractivity contribution is 5.85. The molecule has 0 radical (unpaired) electrons. The van der Waals surface area contributed by atoms with E-state index in [0.29, 0.717) is 13.2 Å². The van der Waals surface area contributed by atoms with Gasteiger partial charge in [-0.05, 0) is 56.5 Å². The fourth-order valence-corrected chi connectivity index (χ4v) is 3.13. The minimum Gasteiger partial charge on any atom is -0.497 e. The van der Waals surface area contributed by atoms with E-state index < -0.39 is 0 Å². The van der Waals surface area contributed by atoms with Gasteiger partial charge in [-0.1, -0.05) is 12.1 Å². The van der Waals surface area contributed by atoms with E-state index in [0.717, 1.165) is 44.5 Å². The lowest BCUT2D eigenvalue weighted by Gasteiger charge is -2.35. The van der Waals surface area contributed by atoms with Gasteiger partial charge in [-0.3, -0.25) is 4.79 Å². The smallest absolute Gasteiger partial charge is 0.228 e. The van der Waals surface area contributed by atoms with Crippen LogP contribution < -0.4 is 15.4 Å². The van der Waals surface area contributed by atoms with E-state index in [9.17, 15) is 4.79 Å². The number of amides is 1. The molecule has 24 heavy (non-hydrogen) atoms. The minimum atomic E-state index is -0.365. The summed E-state index contributed by atoms with van der Waals surface area (Å²) in [4.78, 5) is 12.6. The summed E-state index contributed by atoms with van der Waals surface area (Å²) >= 11 is 0. The first-order valence-electron chi connectivity index (χ1n) is 8.31. The third-order valence-corrected chi connectivity index (χ3v) is 4.52. The summed E-state index contributed by atoms with van der Waals surface area (Å²) in [6, 6.07) is 8.07. The number of halogens is 1. The van der Waals surface area contributed by atoms with E-state index in [4.69, 9.17) is 9.47 Å². The first-order chi connectivity index (χ1) is 11.2. The summed E-state index contributed by atoms with van der Waals surface area (Å²) in [5.74, 6) is 1.01. The van der Waals surface area contributed by atoms with Gasteiger partial charge in [0.1, 0.15) is 5.75 Å². The molecule has 0 atom stereocenters. The predicted molar refractivity (Wildman–Crippen MR) is 98.0 cm³/mol. The number of benzene rings is 1. The van der Waals surface area contributed by atoms with Crippen LogP contribution in [0.25, 0.3) is 0 Å². The van der Waals surface area contributed by atoms with Gasteiger partial charge < -0.3 is 20.1 Å². The molecule has 1 fully saturated rings. The second-order valence-electron chi connectivity index (χ2n) is 6.17. The SMILES string of the molecule is COCC1(C(=O)NCCCc2cccc(OC)c2)CCNCC1.Cl. The Balaban J connectivity index is 0.00000288. The normalized spacial score (nSPS) is 16.1. The summed E-state index contributed by atoms with van der Waals surface area (Å²) in [5.41, 5.74) is 0.864. The molecule has 0 bridgehead atoms. The van der Waals surface area contributed by atoms with E-state index in [1.165, 1.54) is 5.56 Å². The molecule has 1 heterocycles. The average Bonchev–Trinajstić information content (AvgIpc) is 2.60. The monoisotopic (exact) mass is 356 g/mol. The summed E-state index contributed by atoms with van der Waals surface area (Å²) in [6.45, 7) is 2.94. The van der Waals surface area contributed by atoms with Gasteiger partial charge in [-0.2, -0.15) is 0 Å². The lowest BCUT2D eigenvalue weighted by Crippen LogP contribution is -2.50. The van der Waals surface area contributed by atoms with E-state index in [2.05, 4.69) is 16.7 Å². The number of methoxy groups -OCH3 is 2. The number of rotatable bonds is 8. The molecule has 0 aliphatic carbocycles.